The van der Waals surface area contributed by atoms with Crippen LogP contribution in [0.1, 0.15) is 15.9 Å². The molecule has 0 radical (unpaired) electrons. The molecule has 0 amide bonds. The summed E-state index contributed by atoms with van der Waals surface area (Å²) in [6.45, 7) is 0. The molecule has 3 nitrogen and oxygen atoms in total. The SMILES string of the molecule is O=C(O)c1ccc(CSc2cc3ccccc3[nH]2)cc1F. The Kier molecular flexibility index (Phi) is 3.66. The van der Waals surface area contributed by atoms with Crippen molar-refractivity contribution < 1.29 is 14.3 Å². The van der Waals surface area contributed by atoms with E-state index in [1.807, 2.05) is 30.3 Å². The monoisotopic (exact) mass is 301 g/mol. The summed E-state index contributed by atoms with van der Waals surface area (Å²) in [5.41, 5.74) is 1.52. The molecule has 0 aliphatic rings. The van der Waals surface area contributed by atoms with Gasteiger partial charge in [-0.05, 0) is 29.8 Å². The average molecular weight is 301 g/mol. The molecule has 3 rings (SSSR count). The fraction of sp³-hybridized carbons (Fsp3) is 0.0625. The van der Waals surface area contributed by atoms with Gasteiger partial charge in [0.1, 0.15) is 5.82 Å². The van der Waals surface area contributed by atoms with Gasteiger partial charge in [-0.15, -0.1) is 11.8 Å². The Morgan fingerprint density at radius 3 is 2.71 bits per heavy atom. The lowest BCUT2D eigenvalue weighted by Crippen LogP contribution is -2.00. The average Bonchev–Trinajstić information content (AvgIpc) is 2.87. The van der Waals surface area contributed by atoms with Crippen LogP contribution in [0.2, 0.25) is 0 Å². The van der Waals surface area contributed by atoms with Crippen molar-refractivity contribution >= 4 is 28.6 Å². The number of aromatic amines is 1. The summed E-state index contributed by atoms with van der Waals surface area (Å²) >= 11 is 1.55. The molecule has 21 heavy (non-hydrogen) atoms. The number of carboxylic acid groups (broad SMARTS) is 1. The van der Waals surface area contributed by atoms with Crippen molar-refractivity contribution in [2.75, 3.05) is 0 Å². The van der Waals surface area contributed by atoms with E-state index < -0.39 is 11.8 Å². The van der Waals surface area contributed by atoms with Crippen molar-refractivity contribution in [3.8, 4) is 0 Å². The fourth-order valence-electron chi connectivity index (χ4n) is 2.11. The highest BCUT2D eigenvalue weighted by Crippen LogP contribution is 2.26. The molecule has 0 saturated carbocycles. The van der Waals surface area contributed by atoms with Gasteiger partial charge in [-0.3, -0.25) is 0 Å². The molecule has 106 valence electrons. The minimum atomic E-state index is -1.25. The Balaban J connectivity index is 1.75. The molecule has 0 unspecified atom stereocenters. The molecule has 0 fully saturated rings. The van der Waals surface area contributed by atoms with Crippen molar-refractivity contribution in [2.24, 2.45) is 0 Å². The first kappa shape index (κ1) is 13.7. The molecule has 0 saturated heterocycles. The largest absolute Gasteiger partial charge is 0.478 e. The van der Waals surface area contributed by atoms with Crippen molar-refractivity contribution in [2.45, 2.75) is 10.8 Å². The fourth-order valence-corrected chi connectivity index (χ4v) is 3.00. The number of carbonyl (C=O) groups is 1. The summed E-state index contributed by atoms with van der Waals surface area (Å²) in [4.78, 5) is 14.0. The molecule has 5 heteroatoms. The first-order chi connectivity index (χ1) is 10.1. The predicted molar refractivity (Wildman–Crippen MR) is 81.2 cm³/mol. The maximum atomic E-state index is 13.6. The lowest BCUT2D eigenvalue weighted by molar-refractivity contribution is 0.0692. The summed E-state index contributed by atoms with van der Waals surface area (Å²) in [5, 5.41) is 10.9. The molecule has 3 aromatic rings. The number of halogens is 1. The van der Waals surface area contributed by atoms with Crippen LogP contribution in [0.3, 0.4) is 0 Å². The van der Waals surface area contributed by atoms with E-state index in [0.29, 0.717) is 5.75 Å². The predicted octanol–water partition coefficient (Wildman–Crippen LogP) is 4.30. The van der Waals surface area contributed by atoms with Crippen LogP contribution in [0, 0.1) is 5.82 Å². The quantitative estimate of drug-likeness (QED) is 0.706. The third kappa shape index (κ3) is 2.92. The third-order valence-corrected chi connectivity index (χ3v) is 4.17. The number of hydrogen-bond acceptors (Lipinski definition) is 2. The minimum absolute atomic E-state index is 0.297. The van der Waals surface area contributed by atoms with E-state index >= 15 is 0 Å². The first-order valence-corrected chi connectivity index (χ1v) is 7.34. The summed E-state index contributed by atoms with van der Waals surface area (Å²) in [6, 6.07) is 14.2. The molecule has 0 aliphatic heterocycles. The number of para-hydroxylation sites is 1. The number of fused-ring (bicyclic) bond motifs is 1. The molecule has 0 atom stereocenters. The molecule has 1 aromatic heterocycles. The summed E-state index contributed by atoms with van der Waals surface area (Å²) in [5.74, 6) is -1.37. The van der Waals surface area contributed by atoms with E-state index in [1.165, 1.54) is 12.1 Å². The Labute approximate surface area is 124 Å². The Bertz CT molecular complexity index is 780. The van der Waals surface area contributed by atoms with Gasteiger partial charge in [0.15, 0.2) is 0 Å². The maximum Gasteiger partial charge on any atom is 0.338 e. The Morgan fingerprint density at radius 1 is 1.19 bits per heavy atom. The van der Waals surface area contributed by atoms with Crippen LogP contribution in [-0.2, 0) is 5.75 Å². The highest BCUT2D eigenvalue weighted by Gasteiger charge is 2.10. The minimum Gasteiger partial charge on any atom is -0.478 e. The zero-order valence-corrected chi connectivity index (χ0v) is 11.8. The maximum absolute atomic E-state index is 13.6. The smallest absolute Gasteiger partial charge is 0.338 e. The van der Waals surface area contributed by atoms with Crippen LogP contribution < -0.4 is 0 Å². The number of aromatic nitrogens is 1. The molecular weight excluding hydrogens is 289 g/mol. The molecular formula is C16H12FNO2S. The van der Waals surface area contributed by atoms with Gasteiger partial charge in [0, 0.05) is 16.7 Å². The number of rotatable bonds is 4. The zero-order chi connectivity index (χ0) is 14.8. The lowest BCUT2D eigenvalue weighted by Gasteiger charge is -2.02. The van der Waals surface area contributed by atoms with E-state index in [9.17, 15) is 9.18 Å². The Morgan fingerprint density at radius 2 is 2.00 bits per heavy atom. The first-order valence-electron chi connectivity index (χ1n) is 6.36. The second-order valence-corrected chi connectivity index (χ2v) is 5.65. The number of hydrogen-bond donors (Lipinski definition) is 2. The number of nitrogens with one attached hydrogen (secondary N) is 1. The second kappa shape index (κ2) is 5.61. The van der Waals surface area contributed by atoms with Crippen LogP contribution in [-0.4, -0.2) is 16.1 Å². The van der Waals surface area contributed by atoms with Crippen molar-refractivity contribution in [1.82, 2.24) is 4.98 Å². The topological polar surface area (TPSA) is 53.1 Å². The van der Waals surface area contributed by atoms with Gasteiger partial charge in [0.05, 0.1) is 10.6 Å². The van der Waals surface area contributed by atoms with Crippen LogP contribution in [0.15, 0.2) is 53.6 Å². The van der Waals surface area contributed by atoms with Gasteiger partial charge < -0.3 is 10.1 Å². The summed E-state index contributed by atoms with van der Waals surface area (Å²) in [6.07, 6.45) is 0. The molecule has 1 heterocycles. The normalized spacial score (nSPS) is 10.9. The summed E-state index contributed by atoms with van der Waals surface area (Å²) in [7, 11) is 0. The standard InChI is InChI=1S/C16H12FNO2S/c17-13-7-10(5-6-12(13)16(19)20)9-21-15-8-11-3-1-2-4-14(11)18-15/h1-8,18H,9H2,(H,19,20). The van der Waals surface area contributed by atoms with E-state index in [0.717, 1.165) is 21.5 Å². The van der Waals surface area contributed by atoms with Crippen molar-refractivity contribution in [3.63, 3.8) is 0 Å². The van der Waals surface area contributed by atoms with Gasteiger partial charge in [0.2, 0.25) is 0 Å². The molecule has 0 spiro atoms. The number of benzene rings is 2. The lowest BCUT2D eigenvalue weighted by atomic mass is 10.1. The molecule has 0 aliphatic carbocycles. The molecule has 2 aromatic carbocycles. The van der Waals surface area contributed by atoms with E-state index in [1.54, 1.807) is 17.8 Å². The van der Waals surface area contributed by atoms with E-state index in [-0.39, 0.29) is 5.56 Å². The number of thioether (sulfide) groups is 1. The van der Waals surface area contributed by atoms with Crippen LogP contribution in [0.25, 0.3) is 10.9 Å². The van der Waals surface area contributed by atoms with Gasteiger partial charge in [-0.1, -0.05) is 24.3 Å². The molecule has 0 bridgehead atoms. The van der Waals surface area contributed by atoms with E-state index in [2.05, 4.69) is 4.98 Å². The number of carboxylic acids is 1. The molecule has 2 N–H and O–H groups in total. The van der Waals surface area contributed by atoms with Gasteiger partial charge in [-0.2, -0.15) is 0 Å². The third-order valence-electron chi connectivity index (χ3n) is 3.16. The second-order valence-electron chi connectivity index (χ2n) is 4.63. The van der Waals surface area contributed by atoms with Gasteiger partial charge >= 0.3 is 5.97 Å². The highest BCUT2D eigenvalue weighted by atomic mass is 32.2. The van der Waals surface area contributed by atoms with Gasteiger partial charge in [0.25, 0.3) is 0 Å². The van der Waals surface area contributed by atoms with Gasteiger partial charge in [-0.25, -0.2) is 9.18 Å². The number of H-pyrrole nitrogens is 1. The van der Waals surface area contributed by atoms with Crippen molar-refractivity contribution in [3.05, 3.63) is 65.5 Å². The van der Waals surface area contributed by atoms with E-state index in [4.69, 9.17) is 5.11 Å². The van der Waals surface area contributed by atoms with Crippen LogP contribution in [0.5, 0.6) is 0 Å². The number of aromatic carboxylic acids is 1. The highest BCUT2D eigenvalue weighted by molar-refractivity contribution is 7.98. The van der Waals surface area contributed by atoms with Crippen LogP contribution >= 0.6 is 11.8 Å². The zero-order valence-electron chi connectivity index (χ0n) is 11.0. The van der Waals surface area contributed by atoms with Crippen LogP contribution in [0.4, 0.5) is 4.39 Å². The summed E-state index contributed by atoms with van der Waals surface area (Å²) < 4.78 is 13.6. The van der Waals surface area contributed by atoms with Crippen molar-refractivity contribution in [1.29, 1.82) is 0 Å². The Hall–Kier alpha value is -2.27.